The molecule has 1 aliphatic rings. The molecule has 0 unspecified atom stereocenters. The number of nitrogens with two attached hydrogens (primary N) is 2. The van der Waals surface area contributed by atoms with E-state index in [-0.39, 0.29) is 0 Å². The van der Waals surface area contributed by atoms with Crippen LogP contribution in [0.3, 0.4) is 0 Å². The van der Waals surface area contributed by atoms with E-state index in [1.54, 1.807) is 0 Å². The van der Waals surface area contributed by atoms with E-state index in [9.17, 15) is 0 Å². The fraction of sp³-hybridized carbons (Fsp3) is 0.750. The summed E-state index contributed by atoms with van der Waals surface area (Å²) in [6, 6.07) is 0. The van der Waals surface area contributed by atoms with E-state index in [4.69, 9.17) is 11.1 Å². The van der Waals surface area contributed by atoms with Gasteiger partial charge in [0.1, 0.15) is 0 Å². The van der Waals surface area contributed by atoms with Crippen molar-refractivity contribution in [1.82, 2.24) is 0 Å². The van der Waals surface area contributed by atoms with Crippen molar-refractivity contribution in [1.29, 1.82) is 11.1 Å². The summed E-state index contributed by atoms with van der Waals surface area (Å²) in [7, 11) is 0. The van der Waals surface area contributed by atoms with Crippen LogP contribution in [0.5, 0.6) is 0 Å². The van der Waals surface area contributed by atoms with Crippen LogP contribution in [0.4, 0.5) is 0 Å². The molecule has 0 bridgehead atoms. The summed E-state index contributed by atoms with van der Waals surface area (Å²) in [5.74, 6) is 8.99. The lowest BCUT2D eigenvalue weighted by atomic mass is 10.0. The minimum Gasteiger partial charge on any atom is -0.322 e. The van der Waals surface area contributed by atoms with E-state index in [1.807, 2.05) is 0 Å². The number of nitrogens with one attached hydrogen (secondary N) is 2. The van der Waals surface area contributed by atoms with Crippen LogP contribution in [-0.4, -0.2) is 12.7 Å². The van der Waals surface area contributed by atoms with Crippen LogP contribution in [0.2, 0.25) is 0 Å². The Morgan fingerprint density at radius 2 is 0.938 bits per heavy atom. The Bertz CT molecular complexity index is 169. The summed E-state index contributed by atoms with van der Waals surface area (Å²) in [6.07, 6.45) is 10.9. The first-order chi connectivity index (χ1) is 7.83. The van der Waals surface area contributed by atoms with Crippen molar-refractivity contribution in [2.75, 3.05) is 0 Å². The van der Waals surface area contributed by atoms with Crippen molar-refractivity contribution in [3.8, 4) is 0 Å². The topological polar surface area (TPSA) is 149 Å². The summed E-state index contributed by atoms with van der Waals surface area (Å²) in [4.78, 5) is 0. The standard InChI is InChI=1S/C6H12.2CH4N4/c1-2-4-6-5-3-1;2*2-4-1-5-3/h1-6H2;2*1-2H,3H2. The first-order valence-corrected chi connectivity index (χ1v) is 5.00. The second-order valence-corrected chi connectivity index (χ2v) is 2.91. The molecule has 0 aliphatic heterocycles. The fourth-order valence-corrected chi connectivity index (χ4v) is 1.13. The zero-order chi connectivity index (χ0) is 12.5. The molecule has 16 heavy (non-hydrogen) atoms. The second kappa shape index (κ2) is 18.8. The highest BCUT2D eigenvalue weighted by molar-refractivity contribution is 5.53. The van der Waals surface area contributed by atoms with Crippen molar-refractivity contribution < 1.29 is 0 Å². The van der Waals surface area contributed by atoms with Gasteiger partial charge in [-0.25, -0.2) is 11.1 Å². The molecule has 92 valence electrons. The van der Waals surface area contributed by atoms with Gasteiger partial charge in [0.25, 0.3) is 0 Å². The zero-order valence-electron chi connectivity index (χ0n) is 9.34. The molecular formula is C8H20N8. The van der Waals surface area contributed by atoms with E-state index in [2.05, 4.69) is 32.1 Å². The molecule has 8 nitrogen and oxygen atoms in total. The average Bonchev–Trinajstić information content (AvgIpc) is 2.35. The number of nitrogens with zero attached hydrogens (tertiary/aromatic N) is 4. The van der Waals surface area contributed by atoms with Crippen LogP contribution in [0, 0.1) is 11.1 Å². The van der Waals surface area contributed by atoms with Crippen molar-refractivity contribution >= 4 is 12.7 Å². The lowest BCUT2D eigenvalue weighted by Crippen LogP contribution is -1.85. The van der Waals surface area contributed by atoms with Gasteiger partial charge in [-0.1, -0.05) is 38.5 Å². The van der Waals surface area contributed by atoms with Gasteiger partial charge in [0, 0.05) is 0 Å². The molecule has 0 radical (unpaired) electrons. The van der Waals surface area contributed by atoms with Gasteiger partial charge in [-0.3, -0.25) is 0 Å². The highest BCUT2D eigenvalue weighted by Gasteiger charge is 1.95. The highest BCUT2D eigenvalue weighted by Crippen LogP contribution is 2.15. The molecule has 6 N–H and O–H groups in total. The van der Waals surface area contributed by atoms with E-state index in [0.29, 0.717) is 0 Å². The lowest BCUT2D eigenvalue weighted by molar-refractivity contribution is 0.504. The predicted octanol–water partition coefficient (Wildman–Crippen LogP) is 2.18. The quantitative estimate of drug-likeness (QED) is 0.188. The van der Waals surface area contributed by atoms with E-state index < -0.39 is 0 Å². The van der Waals surface area contributed by atoms with Crippen LogP contribution in [0.1, 0.15) is 38.5 Å². The third-order valence-corrected chi connectivity index (χ3v) is 1.75. The molecule has 0 aromatic rings. The van der Waals surface area contributed by atoms with E-state index in [0.717, 1.165) is 12.7 Å². The van der Waals surface area contributed by atoms with E-state index in [1.165, 1.54) is 38.5 Å². The number of hydrazone groups is 2. The van der Waals surface area contributed by atoms with Crippen molar-refractivity contribution in [3.63, 3.8) is 0 Å². The normalized spacial score (nSPS) is 14.5. The Morgan fingerprint density at radius 3 is 1.00 bits per heavy atom. The van der Waals surface area contributed by atoms with Gasteiger partial charge < -0.3 is 11.7 Å². The summed E-state index contributed by atoms with van der Waals surface area (Å²) < 4.78 is 0. The molecule has 0 heterocycles. The maximum absolute atomic E-state index is 6.00. The van der Waals surface area contributed by atoms with E-state index >= 15 is 0 Å². The molecule has 0 saturated heterocycles. The minimum atomic E-state index is 0.944. The molecule has 8 heteroatoms. The first kappa shape index (κ1) is 16.6. The molecule has 1 fully saturated rings. The molecule has 0 aromatic carbocycles. The zero-order valence-corrected chi connectivity index (χ0v) is 9.34. The second-order valence-electron chi connectivity index (χ2n) is 2.91. The molecule has 0 amide bonds. The largest absolute Gasteiger partial charge is 0.322 e. The van der Waals surface area contributed by atoms with Crippen LogP contribution in [0.15, 0.2) is 20.4 Å². The molecule has 1 rings (SSSR count). The third kappa shape index (κ3) is 22.7. The molecule has 0 atom stereocenters. The summed E-state index contributed by atoms with van der Waals surface area (Å²) in [6.45, 7) is 0. The summed E-state index contributed by atoms with van der Waals surface area (Å²) >= 11 is 0. The monoisotopic (exact) mass is 228 g/mol. The molecule has 1 aliphatic carbocycles. The van der Waals surface area contributed by atoms with Crippen LogP contribution in [0.25, 0.3) is 0 Å². The molecule has 0 aromatic heterocycles. The Kier molecular flexibility index (Phi) is 19.5. The summed E-state index contributed by atoms with van der Waals surface area (Å²) in [5, 5.41) is 11.1. The number of hydrogen-bond donors (Lipinski definition) is 4. The van der Waals surface area contributed by atoms with Crippen molar-refractivity contribution in [2.45, 2.75) is 38.5 Å². The first-order valence-electron chi connectivity index (χ1n) is 5.00. The number of hydrogen-bond acceptors (Lipinski definition) is 6. The van der Waals surface area contributed by atoms with Crippen LogP contribution >= 0.6 is 0 Å². The fourth-order valence-electron chi connectivity index (χ4n) is 1.13. The van der Waals surface area contributed by atoms with Gasteiger partial charge in [0.2, 0.25) is 0 Å². The average molecular weight is 228 g/mol. The lowest BCUT2D eigenvalue weighted by Gasteiger charge is -2.05. The van der Waals surface area contributed by atoms with Crippen LogP contribution < -0.4 is 11.7 Å². The third-order valence-electron chi connectivity index (χ3n) is 1.75. The SMILES string of the molecule is C1CCCCC1.N=NC=NN.N=NC=NN. The van der Waals surface area contributed by atoms with Crippen LogP contribution in [-0.2, 0) is 0 Å². The Balaban J connectivity index is 0. The Hall–Kier alpha value is -1.86. The number of rotatable bonds is 2. The maximum atomic E-state index is 6.00. The van der Waals surface area contributed by atoms with Gasteiger partial charge in [0.15, 0.2) is 12.7 Å². The molecule has 0 spiro atoms. The van der Waals surface area contributed by atoms with Gasteiger partial charge in [0.05, 0.1) is 0 Å². The summed E-state index contributed by atoms with van der Waals surface area (Å²) in [5.41, 5.74) is 12.0. The Labute approximate surface area is 95.2 Å². The maximum Gasteiger partial charge on any atom is 0.156 e. The highest BCUT2D eigenvalue weighted by atomic mass is 15.2. The molecular weight excluding hydrogens is 208 g/mol. The van der Waals surface area contributed by atoms with Crippen molar-refractivity contribution in [3.05, 3.63) is 0 Å². The van der Waals surface area contributed by atoms with Gasteiger partial charge in [-0.2, -0.15) is 10.2 Å². The van der Waals surface area contributed by atoms with Gasteiger partial charge in [-0.15, -0.1) is 10.2 Å². The smallest absolute Gasteiger partial charge is 0.156 e. The minimum absolute atomic E-state index is 0.944. The van der Waals surface area contributed by atoms with Gasteiger partial charge in [-0.05, 0) is 0 Å². The Morgan fingerprint density at radius 1 is 0.688 bits per heavy atom. The predicted molar refractivity (Wildman–Crippen MR) is 63.4 cm³/mol. The van der Waals surface area contributed by atoms with Crippen molar-refractivity contribution in [2.24, 2.45) is 32.1 Å². The van der Waals surface area contributed by atoms with Gasteiger partial charge >= 0.3 is 0 Å². The molecule has 1 saturated carbocycles.